The highest BCUT2D eigenvalue weighted by molar-refractivity contribution is 5.95. The van der Waals surface area contributed by atoms with E-state index in [-0.39, 0.29) is 0 Å². The van der Waals surface area contributed by atoms with E-state index >= 15 is 0 Å². The molecule has 3 aromatic carbocycles. The lowest BCUT2D eigenvalue weighted by molar-refractivity contribution is 1.26. The summed E-state index contributed by atoms with van der Waals surface area (Å²) in [5, 5.41) is 1.14. The molecule has 4 aromatic rings. The number of aryl methyl sites for hydroxylation is 1. The van der Waals surface area contributed by atoms with Gasteiger partial charge in [-0.1, -0.05) is 60.4 Å². The molecule has 0 atom stereocenters. The van der Waals surface area contributed by atoms with E-state index in [1.807, 2.05) is 49.4 Å². The number of rotatable bonds is 1. The van der Waals surface area contributed by atoms with Gasteiger partial charge in [0, 0.05) is 22.2 Å². The molecule has 25 heavy (non-hydrogen) atoms. The molecule has 0 bridgehead atoms. The van der Waals surface area contributed by atoms with Crippen LogP contribution in [0.1, 0.15) is 16.8 Å². The van der Waals surface area contributed by atoms with Crippen LogP contribution in [-0.4, -0.2) is 4.98 Å². The van der Waals surface area contributed by atoms with Crippen molar-refractivity contribution in [1.29, 1.82) is 0 Å². The fourth-order valence-corrected chi connectivity index (χ4v) is 2.96. The van der Waals surface area contributed by atoms with Crippen molar-refractivity contribution >= 4 is 10.9 Å². The quantitative estimate of drug-likeness (QED) is 0.416. The van der Waals surface area contributed by atoms with Gasteiger partial charge >= 0.3 is 0 Å². The molecule has 1 nitrogen and oxygen atoms in total. The zero-order valence-electron chi connectivity index (χ0n) is 14.0. The molecule has 0 aliphatic rings. The lowest BCUT2D eigenvalue weighted by Crippen LogP contribution is -1.89. The van der Waals surface area contributed by atoms with Gasteiger partial charge < -0.3 is 0 Å². The first-order valence-corrected chi connectivity index (χ1v) is 8.33. The van der Waals surface area contributed by atoms with E-state index in [9.17, 15) is 0 Å². The number of pyridine rings is 1. The summed E-state index contributed by atoms with van der Waals surface area (Å²) in [4.78, 5) is 4.67. The third-order valence-electron chi connectivity index (χ3n) is 4.15. The van der Waals surface area contributed by atoms with E-state index < -0.39 is 0 Å². The van der Waals surface area contributed by atoms with Crippen LogP contribution in [0, 0.1) is 18.8 Å². The van der Waals surface area contributed by atoms with Crippen molar-refractivity contribution in [3.05, 3.63) is 102 Å². The van der Waals surface area contributed by atoms with Crippen molar-refractivity contribution in [1.82, 2.24) is 4.98 Å². The first kappa shape index (κ1) is 15.2. The Morgan fingerprint density at radius 3 is 2.12 bits per heavy atom. The SMILES string of the molecule is Cc1cc(-c2ccccc2)c2cc(C#Cc3ccccc3)ccc2n1. The molecule has 0 saturated heterocycles. The highest BCUT2D eigenvalue weighted by Gasteiger charge is 2.06. The Kier molecular flexibility index (Phi) is 4.02. The normalized spacial score (nSPS) is 10.3. The van der Waals surface area contributed by atoms with Crippen LogP contribution in [0.2, 0.25) is 0 Å². The molecule has 0 aliphatic heterocycles. The second-order valence-electron chi connectivity index (χ2n) is 6.03. The van der Waals surface area contributed by atoms with Crippen LogP contribution < -0.4 is 0 Å². The van der Waals surface area contributed by atoms with E-state index in [2.05, 4.69) is 59.3 Å². The highest BCUT2D eigenvalue weighted by atomic mass is 14.7. The first-order chi connectivity index (χ1) is 12.3. The van der Waals surface area contributed by atoms with Gasteiger partial charge in [0.1, 0.15) is 0 Å². The summed E-state index contributed by atoms with van der Waals surface area (Å²) >= 11 is 0. The fraction of sp³-hybridized carbons (Fsp3) is 0.0417. The topological polar surface area (TPSA) is 12.9 Å². The van der Waals surface area contributed by atoms with E-state index in [1.54, 1.807) is 0 Å². The molecule has 0 aliphatic carbocycles. The molecule has 0 spiro atoms. The van der Waals surface area contributed by atoms with Crippen LogP contribution in [0.25, 0.3) is 22.0 Å². The van der Waals surface area contributed by atoms with Gasteiger partial charge in [0.15, 0.2) is 0 Å². The van der Waals surface area contributed by atoms with Gasteiger partial charge in [-0.3, -0.25) is 4.98 Å². The molecule has 0 N–H and O–H groups in total. The maximum absolute atomic E-state index is 4.67. The molecule has 0 amide bonds. The number of hydrogen-bond donors (Lipinski definition) is 0. The zero-order valence-corrected chi connectivity index (χ0v) is 14.0. The van der Waals surface area contributed by atoms with E-state index in [0.29, 0.717) is 0 Å². The van der Waals surface area contributed by atoms with Gasteiger partial charge in [-0.25, -0.2) is 0 Å². The van der Waals surface area contributed by atoms with Crippen molar-refractivity contribution in [2.75, 3.05) is 0 Å². The van der Waals surface area contributed by atoms with Crippen molar-refractivity contribution in [3.8, 4) is 23.0 Å². The molecule has 1 heterocycles. The number of fused-ring (bicyclic) bond motifs is 1. The fourth-order valence-electron chi connectivity index (χ4n) is 2.96. The summed E-state index contributed by atoms with van der Waals surface area (Å²) < 4.78 is 0. The average Bonchev–Trinajstić information content (AvgIpc) is 2.67. The van der Waals surface area contributed by atoms with E-state index in [0.717, 1.165) is 27.7 Å². The summed E-state index contributed by atoms with van der Waals surface area (Å²) in [6, 6.07) is 28.9. The van der Waals surface area contributed by atoms with Crippen LogP contribution in [0.5, 0.6) is 0 Å². The summed E-state index contributed by atoms with van der Waals surface area (Å²) in [6.45, 7) is 2.04. The van der Waals surface area contributed by atoms with Crippen LogP contribution >= 0.6 is 0 Å². The summed E-state index contributed by atoms with van der Waals surface area (Å²) in [5.41, 5.74) is 6.45. The Hall–Kier alpha value is -3.37. The zero-order chi connectivity index (χ0) is 17.1. The number of nitrogens with zero attached hydrogens (tertiary/aromatic N) is 1. The van der Waals surface area contributed by atoms with Gasteiger partial charge in [-0.2, -0.15) is 0 Å². The summed E-state index contributed by atoms with van der Waals surface area (Å²) in [6.07, 6.45) is 0. The van der Waals surface area contributed by atoms with Crippen LogP contribution in [-0.2, 0) is 0 Å². The second-order valence-corrected chi connectivity index (χ2v) is 6.03. The number of hydrogen-bond acceptors (Lipinski definition) is 1. The third-order valence-corrected chi connectivity index (χ3v) is 4.15. The number of benzene rings is 3. The Morgan fingerprint density at radius 1 is 0.680 bits per heavy atom. The molecular weight excluding hydrogens is 302 g/mol. The third kappa shape index (κ3) is 3.29. The summed E-state index contributed by atoms with van der Waals surface area (Å²) in [7, 11) is 0. The van der Waals surface area contributed by atoms with Crippen LogP contribution in [0.4, 0.5) is 0 Å². The van der Waals surface area contributed by atoms with Gasteiger partial charge in [0.2, 0.25) is 0 Å². The van der Waals surface area contributed by atoms with Gasteiger partial charge in [-0.05, 0) is 54.4 Å². The minimum Gasteiger partial charge on any atom is -0.253 e. The molecule has 0 saturated carbocycles. The monoisotopic (exact) mass is 319 g/mol. The minimum atomic E-state index is 0.999. The highest BCUT2D eigenvalue weighted by Crippen LogP contribution is 2.29. The molecule has 0 fully saturated rings. The van der Waals surface area contributed by atoms with Crippen molar-refractivity contribution in [2.24, 2.45) is 0 Å². The van der Waals surface area contributed by atoms with Gasteiger partial charge in [0.05, 0.1) is 5.52 Å². The van der Waals surface area contributed by atoms with E-state index in [1.165, 1.54) is 11.1 Å². The van der Waals surface area contributed by atoms with Crippen molar-refractivity contribution in [2.45, 2.75) is 6.92 Å². The largest absolute Gasteiger partial charge is 0.253 e. The number of aromatic nitrogens is 1. The Balaban J connectivity index is 1.85. The van der Waals surface area contributed by atoms with Gasteiger partial charge in [0.25, 0.3) is 0 Å². The summed E-state index contributed by atoms with van der Waals surface area (Å²) in [5.74, 6) is 6.49. The Labute approximate surface area is 148 Å². The van der Waals surface area contributed by atoms with Crippen LogP contribution in [0.3, 0.4) is 0 Å². The standard InChI is InChI=1S/C24H17N/c1-18-16-22(21-10-6-3-7-11-21)23-17-20(14-15-24(23)25-18)13-12-19-8-4-2-5-9-19/h2-11,14-17H,1H3. The molecule has 4 rings (SSSR count). The van der Waals surface area contributed by atoms with Gasteiger partial charge in [-0.15, -0.1) is 0 Å². The molecule has 0 unspecified atom stereocenters. The average molecular weight is 319 g/mol. The van der Waals surface area contributed by atoms with Crippen molar-refractivity contribution in [3.63, 3.8) is 0 Å². The van der Waals surface area contributed by atoms with Crippen molar-refractivity contribution < 1.29 is 0 Å². The smallest absolute Gasteiger partial charge is 0.0712 e. The Bertz CT molecular complexity index is 1080. The lowest BCUT2D eigenvalue weighted by atomic mass is 9.99. The molecular formula is C24H17N. The predicted octanol–water partition coefficient (Wildman–Crippen LogP) is 5.61. The molecule has 0 radical (unpaired) electrons. The minimum absolute atomic E-state index is 0.999. The van der Waals surface area contributed by atoms with Crippen LogP contribution in [0.15, 0.2) is 84.9 Å². The molecule has 118 valence electrons. The van der Waals surface area contributed by atoms with E-state index in [4.69, 9.17) is 0 Å². The predicted molar refractivity (Wildman–Crippen MR) is 104 cm³/mol. The first-order valence-electron chi connectivity index (χ1n) is 8.33. The second kappa shape index (κ2) is 6.63. The maximum atomic E-state index is 4.67. The molecule has 1 heteroatoms. The lowest BCUT2D eigenvalue weighted by Gasteiger charge is -2.08. The maximum Gasteiger partial charge on any atom is 0.0712 e. The Morgan fingerprint density at radius 2 is 1.36 bits per heavy atom. The molecule has 1 aromatic heterocycles.